The maximum atomic E-state index is 11.2. The Morgan fingerprint density at radius 1 is 1.44 bits per heavy atom. The molecule has 2 aromatic rings. The molecule has 0 saturated carbocycles. The van der Waals surface area contributed by atoms with Crippen LogP contribution in [-0.4, -0.2) is 23.0 Å². The largest absolute Gasteiger partial charge is 0.469 e. The van der Waals surface area contributed by atoms with Crippen LogP contribution in [0.5, 0.6) is 0 Å². The molecule has 0 atom stereocenters. The molecule has 1 N–H and O–H groups in total. The van der Waals surface area contributed by atoms with Crippen LogP contribution in [0.3, 0.4) is 0 Å². The summed E-state index contributed by atoms with van der Waals surface area (Å²) in [5.74, 6) is 0.253. The monoisotopic (exact) mass is 264 g/mol. The minimum Gasteiger partial charge on any atom is -0.469 e. The quantitative estimate of drug-likeness (QED) is 0.868. The van der Waals surface area contributed by atoms with E-state index in [1.807, 2.05) is 31.2 Å². The Kier molecular flexibility index (Phi) is 3.67. The van der Waals surface area contributed by atoms with Crippen LogP contribution in [0.2, 0.25) is 5.02 Å². The molecule has 0 unspecified atom stereocenters. The number of nitrogens with zero attached hydrogens (tertiary/aromatic N) is 1. The Hall–Kier alpha value is -1.81. The number of benzene rings is 1. The Balaban J connectivity index is 2.35. The van der Waals surface area contributed by atoms with Gasteiger partial charge < -0.3 is 9.72 Å². The van der Waals surface area contributed by atoms with Gasteiger partial charge in [-0.1, -0.05) is 29.8 Å². The lowest BCUT2D eigenvalue weighted by molar-refractivity contribution is -0.139. The van der Waals surface area contributed by atoms with Crippen LogP contribution in [0.25, 0.3) is 11.3 Å². The van der Waals surface area contributed by atoms with Crippen molar-refractivity contribution >= 4 is 17.6 Å². The number of H-pyrrole nitrogens is 1. The van der Waals surface area contributed by atoms with Gasteiger partial charge in [-0.25, -0.2) is 4.98 Å². The first-order valence-electron chi connectivity index (χ1n) is 5.49. The van der Waals surface area contributed by atoms with Gasteiger partial charge in [0, 0.05) is 11.3 Å². The first-order valence-corrected chi connectivity index (χ1v) is 5.87. The molecule has 0 aliphatic heterocycles. The summed E-state index contributed by atoms with van der Waals surface area (Å²) < 4.78 is 4.61. The summed E-state index contributed by atoms with van der Waals surface area (Å²) in [6, 6.07) is 7.47. The van der Waals surface area contributed by atoms with Gasteiger partial charge in [0.05, 0.1) is 17.8 Å². The zero-order chi connectivity index (χ0) is 13.1. The molecule has 2 rings (SSSR count). The molecular weight excluding hydrogens is 252 g/mol. The topological polar surface area (TPSA) is 55.0 Å². The van der Waals surface area contributed by atoms with Crippen molar-refractivity contribution in [3.8, 4) is 11.3 Å². The zero-order valence-corrected chi connectivity index (χ0v) is 10.9. The number of aromatic amines is 1. The standard InChI is InChI=1S/C13H13ClN2O2/c1-8-13(9-5-3-4-6-10(9)14)16-11(15-8)7-12(17)18-2/h3-6H,7H2,1-2H3,(H,15,16). The van der Waals surface area contributed by atoms with E-state index in [0.29, 0.717) is 10.8 Å². The summed E-state index contributed by atoms with van der Waals surface area (Å²) >= 11 is 6.13. The number of methoxy groups -OCH3 is 1. The number of hydrogen-bond acceptors (Lipinski definition) is 3. The fraction of sp³-hybridized carbons (Fsp3) is 0.231. The van der Waals surface area contributed by atoms with Crippen molar-refractivity contribution in [3.05, 3.63) is 40.8 Å². The van der Waals surface area contributed by atoms with E-state index >= 15 is 0 Å². The van der Waals surface area contributed by atoms with Gasteiger partial charge in [0.2, 0.25) is 0 Å². The Bertz CT molecular complexity index is 578. The van der Waals surface area contributed by atoms with Gasteiger partial charge in [-0.05, 0) is 13.0 Å². The van der Waals surface area contributed by atoms with Crippen molar-refractivity contribution in [1.29, 1.82) is 0 Å². The number of esters is 1. The Morgan fingerprint density at radius 3 is 2.83 bits per heavy atom. The number of ether oxygens (including phenoxy) is 1. The second kappa shape index (κ2) is 5.23. The summed E-state index contributed by atoms with van der Waals surface area (Å²) in [7, 11) is 1.35. The van der Waals surface area contributed by atoms with Gasteiger partial charge in [-0.15, -0.1) is 0 Å². The van der Waals surface area contributed by atoms with Gasteiger partial charge in [0.15, 0.2) is 0 Å². The predicted octanol–water partition coefficient (Wildman–Crippen LogP) is 2.75. The lowest BCUT2D eigenvalue weighted by Gasteiger charge is -2.00. The Labute approximate surface area is 110 Å². The molecule has 0 amide bonds. The highest BCUT2D eigenvalue weighted by Gasteiger charge is 2.13. The molecule has 5 heteroatoms. The minimum absolute atomic E-state index is 0.127. The lowest BCUT2D eigenvalue weighted by Crippen LogP contribution is -2.05. The predicted molar refractivity (Wildman–Crippen MR) is 69.5 cm³/mol. The maximum absolute atomic E-state index is 11.2. The van der Waals surface area contributed by atoms with Gasteiger partial charge >= 0.3 is 5.97 Å². The summed E-state index contributed by atoms with van der Waals surface area (Å²) in [5.41, 5.74) is 2.49. The summed E-state index contributed by atoms with van der Waals surface area (Å²) in [5, 5.41) is 0.636. The van der Waals surface area contributed by atoms with Crippen LogP contribution in [0.15, 0.2) is 24.3 Å². The minimum atomic E-state index is -0.325. The first kappa shape index (κ1) is 12.6. The van der Waals surface area contributed by atoms with Crippen LogP contribution in [0.1, 0.15) is 11.5 Å². The number of carbonyl (C=O) groups is 1. The van der Waals surface area contributed by atoms with Crippen LogP contribution < -0.4 is 0 Å². The zero-order valence-electron chi connectivity index (χ0n) is 10.2. The van der Waals surface area contributed by atoms with Crippen molar-refractivity contribution < 1.29 is 9.53 Å². The van der Waals surface area contributed by atoms with E-state index in [-0.39, 0.29) is 12.4 Å². The van der Waals surface area contributed by atoms with Crippen LogP contribution >= 0.6 is 11.6 Å². The van der Waals surface area contributed by atoms with E-state index in [4.69, 9.17) is 11.6 Å². The maximum Gasteiger partial charge on any atom is 0.313 e. The van der Waals surface area contributed by atoms with Crippen LogP contribution in [-0.2, 0) is 16.0 Å². The molecule has 0 fully saturated rings. The summed E-state index contributed by atoms with van der Waals surface area (Å²) in [6.07, 6.45) is 0.127. The van der Waals surface area contributed by atoms with Crippen molar-refractivity contribution in [2.45, 2.75) is 13.3 Å². The van der Waals surface area contributed by atoms with E-state index in [1.54, 1.807) is 0 Å². The third-order valence-electron chi connectivity index (χ3n) is 2.60. The highest BCUT2D eigenvalue weighted by molar-refractivity contribution is 6.33. The number of hydrogen-bond donors (Lipinski definition) is 1. The number of aryl methyl sites for hydroxylation is 1. The molecule has 1 heterocycles. The molecule has 4 nitrogen and oxygen atoms in total. The second-order valence-electron chi connectivity index (χ2n) is 3.89. The molecule has 0 bridgehead atoms. The Morgan fingerprint density at radius 2 is 2.17 bits per heavy atom. The molecule has 0 aliphatic rings. The van der Waals surface area contributed by atoms with Gasteiger partial charge in [0.25, 0.3) is 0 Å². The molecule has 0 spiro atoms. The fourth-order valence-electron chi connectivity index (χ4n) is 1.73. The average Bonchev–Trinajstić information content (AvgIpc) is 2.70. The third-order valence-corrected chi connectivity index (χ3v) is 2.93. The van der Waals surface area contributed by atoms with Gasteiger partial charge in [-0.3, -0.25) is 4.79 Å². The number of halogens is 1. The molecule has 0 radical (unpaired) electrons. The molecule has 1 aromatic heterocycles. The lowest BCUT2D eigenvalue weighted by atomic mass is 10.1. The number of aromatic nitrogens is 2. The number of imidazole rings is 1. The highest BCUT2D eigenvalue weighted by atomic mass is 35.5. The molecule has 94 valence electrons. The van der Waals surface area contributed by atoms with Crippen molar-refractivity contribution in [3.63, 3.8) is 0 Å². The SMILES string of the molecule is COC(=O)Cc1nc(-c2ccccc2Cl)c(C)[nH]1. The summed E-state index contributed by atoms with van der Waals surface area (Å²) in [6.45, 7) is 1.90. The third kappa shape index (κ3) is 2.54. The van der Waals surface area contributed by atoms with E-state index in [9.17, 15) is 4.79 Å². The van der Waals surface area contributed by atoms with E-state index < -0.39 is 0 Å². The van der Waals surface area contributed by atoms with Crippen LogP contribution in [0.4, 0.5) is 0 Å². The van der Waals surface area contributed by atoms with Gasteiger partial charge in [-0.2, -0.15) is 0 Å². The van der Waals surface area contributed by atoms with Crippen molar-refractivity contribution in [1.82, 2.24) is 9.97 Å². The number of nitrogens with one attached hydrogen (secondary N) is 1. The van der Waals surface area contributed by atoms with Crippen molar-refractivity contribution in [2.75, 3.05) is 7.11 Å². The average molecular weight is 265 g/mol. The fourth-order valence-corrected chi connectivity index (χ4v) is 1.96. The van der Waals surface area contributed by atoms with Gasteiger partial charge in [0.1, 0.15) is 12.2 Å². The molecular formula is C13H13ClN2O2. The number of carbonyl (C=O) groups excluding carboxylic acids is 1. The van der Waals surface area contributed by atoms with Crippen LogP contribution in [0, 0.1) is 6.92 Å². The molecule has 0 aliphatic carbocycles. The highest BCUT2D eigenvalue weighted by Crippen LogP contribution is 2.28. The smallest absolute Gasteiger partial charge is 0.313 e. The van der Waals surface area contributed by atoms with E-state index in [0.717, 1.165) is 17.0 Å². The molecule has 0 saturated heterocycles. The molecule has 1 aromatic carbocycles. The molecule has 18 heavy (non-hydrogen) atoms. The van der Waals surface area contributed by atoms with Crippen molar-refractivity contribution in [2.24, 2.45) is 0 Å². The normalized spacial score (nSPS) is 10.4. The van der Waals surface area contributed by atoms with E-state index in [1.165, 1.54) is 7.11 Å². The first-order chi connectivity index (χ1) is 8.61. The number of rotatable bonds is 3. The van der Waals surface area contributed by atoms with E-state index in [2.05, 4.69) is 14.7 Å². The summed E-state index contributed by atoms with van der Waals surface area (Å²) in [4.78, 5) is 18.6. The second-order valence-corrected chi connectivity index (χ2v) is 4.30.